The van der Waals surface area contributed by atoms with Crippen LogP contribution in [0.2, 0.25) is 0 Å². The molecule has 0 saturated carbocycles. The van der Waals surface area contributed by atoms with Gasteiger partial charge in [0.25, 0.3) is 0 Å². The predicted octanol–water partition coefficient (Wildman–Crippen LogP) is 0.276. The lowest BCUT2D eigenvalue weighted by atomic mass is 10.5. The van der Waals surface area contributed by atoms with Gasteiger partial charge in [0.15, 0.2) is 6.20 Å². The highest BCUT2D eigenvalue weighted by atomic mass is 79.9. The average molecular weight is 290 g/mol. The van der Waals surface area contributed by atoms with Gasteiger partial charge in [0.2, 0.25) is 4.60 Å². The number of nitrogens with zero attached hydrogens (tertiary/aromatic N) is 1. The molecule has 0 saturated heterocycles. The predicted molar refractivity (Wildman–Crippen MR) is 55.8 cm³/mol. The van der Waals surface area contributed by atoms with Gasteiger partial charge in [-0.05, 0) is 13.0 Å². The van der Waals surface area contributed by atoms with Crippen LogP contribution in [0.25, 0.3) is 0 Å². The summed E-state index contributed by atoms with van der Waals surface area (Å²) in [5, 5.41) is 0. The maximum Gasteiger partial charge on any atom is 0.762 e. The first kappa shape index (κ1) is 19.9. The minimum atomic E-state index is -3.67. The van der Waals surface area contributed by atoms with Crippen LogP contribution in [-0.2, 0) is 6.54 Å². The van der Waals surface area contributed by atoms with Gasteiger partial charge in [0.1, 0.15) is 6.54 Å². The average Bonchev–Trinajstić information content (AvgIpc) is 2.04. The summed E-state index contributed by atoms with van der Waals surface area (Å²) in [5.74, 6) is 0. The molecule has 0 aliphatic carbocycles. The summed E-state index contributed by atoms with van der Waals surface area (Å²) in [6, 6.07) is 6.06. The lowest BCUT2D eigenvalue weighted by Crippen LogP contribution is -3.00. The standard InChI is InChI=1S/C7H9BrN.CH4.BF3.FH/c1-2-9-6-4-3-5-7(9)8;;2-1(3)4;/h3-6H,2H2,1H3;1H4;;1H/q+1;;;/p-1. The SMILES string of the molecule is C.CC[n+]1ccccc1Br.FB(F)F.[F-]. The topological polar surface area (TPSA) is 3.88 Å². The van der Waals surface area contributed by atoms with Gasteiger partial charge in [-0.1, -0.05) is 7.43 Å². The Labute approximate surface area is 96.0 Å². The number of hydrogen-bond donors (Lipinski definition) is 0. The number of aryl methyl sites for hydroxylation is 1. The third-order valence-electron chi connectivity index (χ3n) is 1.23. The molecule has 0 spiro atoms. The van der Waals surface area contributed by atoms with E-state index in [1.54, 1.807) is 0 Å². The second-order valence-electron chi connectivity index (χ2n) is 2.06. The molecule has 15 heavy (non-hydrogen) atoms. The van der Waals surface area contributed by atoms with Gasteiger partial charge in [-0.3, -0.25) is 12.9 Å². The highest BCUT2D eigenvalue weighted by Crippen LogP contribution is 1.99. The van der Waals surface area contributed by atoms with Crippen molar-refractivity contribution in [2.45, 2.75) is 20.9 Å². The smallest absolute Gasteiger partial charge is 0.762 e. The quantitative estimate of drug-likeness (QED) is 0.303. The Kier molecular flexibility index (Phi) is 15.2. The Morgan fingerprint density at radius 3 is 2.07 bits per heavy atom. The zero-order valence-corrected chi connectivity index (χ0v) is 9.02. The molecule has 0 unspecified atom stereocenters. The van der Waals surface area contributed by atoms with E-state index in [1.165, 1.54) is 0 Å². The number of hydrogen-bond acceptors (Lipinski definition) is 0. The second kappa shape index (κ2) is 11.5. The van der Waals surface area contributed by atoms with Gasteiger partial charge < -0.3 is 4.70 Å². The summed E-state index contributed by atoms with van der Waals surface area (Å²) in [6.45, 7) is 3.13. The molecule has 88 valence electrons. The molecule has 7 heteroatoms. The number of pyridine rings is 1. The van der Waals surface area contributed by atoms with E-state index in [-0.39, 0.29) is 12.1 Å². The molecule has 0 aliphatic rings. The van der Waals surface area contributed by atoms with E-state index in [0.29, 0.717) is 0 Å². The molecule has 0 fully saturated rings. The molecule has 0 N–H and O–H groups in total. The Bertz CT molecular complexity index is 247. The molecule has 1 aromatic heterocycles. The van der Waals surface area contributed by atoms with E-state index in [0.717, 1.165) is 11.1 Å². The first-order valence-corrected chi connectivity index (χ1v) is 4.43. The van der Waals surface area contributed by atoms with Crippen molar-refractivity contribution in [1.29, 1.82) is 0 Å². The molecule has 1 nitrogen and oxygen atoms in total. The van der Waals surface area contributed by atoms with Crippen LogP contribution in [0.1, 0.15) is 14.4 Å². The Hall–Kier alpha value is -0.585. The van der Waals surface area contributed by atoms with E-state index < -0.39 is 7.54 Å². The maximum absolute atomic E-state index is 9.67. The Morgan fingerprint density at radius 2 is 1.80 bits per heavy atom. The fourth-order valence-electron chi connectivity index (χ4n) is 0.712. The van der Waals surface area contributed by atoms with Crippen LogP contribution < -0.4 is 9.27 Å². The van der Waals surface area contributed by atoms with Crippen LogP contribution in [0.15, 0.2) is 29.0 Å². The summed E-state index contributed by atoms with van der Waals surface area (Å²) in [5.41, 5.74) is 0. The fourth-order valence-corrected chi connectivity index (χ4v) is 1.23. The van der Waals surface area contributed by atoms with Gasteiger partial charge in [-0.25, -0.2) is 0 Å². The molecule has 0 amide bonds. The van der Waals surface area contributed by atoms with Crippen LogP contribution in [0.3, 0.4) is 0 Å². The van der Waals surface area contributed by atoms with Crippen molar-refractivity contribution in [2.24, 2.45) is 0 Å². The van der Waals surface area contributed by atoms with Crippen LogP contribution in [0.5, 0.6) is 0 Å². The number of rotatable bonds is 1. The van der Waals surface area contributed by atoms with E-state index in [2.05, 4.69) is 27.4 Å². The van der Waals surface area contributed by atoms with E-state index in [4.69, 9.17) is 0 Å². The van der Waals surface area contributed by atoms with Gasteiger partial charge >= 0.3 is 7.54 Å². The van der Waals surface area contributed by atoms with E-state index in [9.17, 15) is 12.9 Å². The summed E-state index contributed by atoms with van der Waals surface area (Å²) in [7, 11) is -3.67. The minimum Gasteiger partial charge on any atom is -1.00 e. The largest absolute Gasteiger partial charge is 1.00 e. The third-order valence-corrected chi connectivity index (χ3v) is 1.95. The summed E-state index contributed by atoms with van der Waals surface area (Å²) in [4.78, 5) is 0. The van der Waals surface area contributed by atoms with Crippen LogP contribution >= 0.6 is 15.9 Å². The van der Waals surface area contributed by atoms with Crippen molar-refractivity contribution in [3.05, 3.63) is 29.0 Å². The lowest BCUT2D eigenvalue weighted by Gasteiger charge is -1.90. The monoisotopic (exact) mass is 289 g/mol. The summed E-state index contributed by atoms with van der Waals surface area (Å²) in [6.07, 6.45) is 2.05. The van der Waals surface area contributed by atoms with Gasteiger partial charge in [0, 0.05) is 28.1 Å². The number of aromatic nitrogens is 1. The van der Waals surface area contributed by atoms with E-state index in [1.807, 2.05) is 24.4 Å². The molecule has 0 aliphatic heterocycles. The Morgan fingerprint density at radius 1 is 1.33 bits per heavy atom. The van der Waals surface area contributed by atoms with E-state index >= 15 is 0 Å². The molecule has 1 aromatic rings. The van der Waals surface area contributed by atoms with Crippen molar-refractivity contribution in [3.63, 3.8) is 0 Å². The van der Waals surface area contributed by atoms with Gasteiger partial charge in [-0.2, -0.15) is 4.57 Å². The van der Waals surface area contributed by atoms with Gasteiger partial charge in [-0.15, -0.1) is 0 Å². The normalized spacial score (nSPS) is 7.53. The Balaban J connectivity index is -0.000000213. The van der Waals surface area contributed by atoms with Gasteiger partial charge in [0.05, 0.1) is 0 Å². The number of halogens is 5. The highest BCUT2D eigenvalue weighted by molar-refractivity contribution is 9.10. The van der Waals surface area contributed by atoms with Crippen molar-refractivity contribution < 1.29 is 22.2 Å². The third kappa shape index (κ3) is 11.3. The molecule has 0 radical (unpaired) electrons. The minimum absolute atomic E-state index is 0. The van der Waals surface area contributed by atoms with Crippen molar-refractivity contribution in [3.8, 4) is 0 Å². The van der Waals surface area contributed by atoms with Crippen molar-refractivity contribution in [1.82, 2.24) is 0 Å². The summed E-state index contributed by atoms with van der Waals surface area (Å²) < 4.78 is 32.3. The second-order valence-corrected chi connectivity index (χ2v) is 2.87. The maximum atomic E-state index is 9.67. The van der Waals surface area contributed by atoms with Crippen LogP contribution in [-0.4, -0.2) is 7.54 Å². The zero-order chi connectivity index (χ0) is 10.3. The van der Waals surface area contributed by atoms with Crippen molar-refractivity contribution >= 4 is 23.5 Å². The fraction of sp³-hybridized carbons (Fsp3) is 0.375. The molecular weight excluding hydrogens is 277 g/mol. The molecular formula is C8H13BBrF4N. The summed E-state index contributed by atoms with van der Waals surface area (Å²) >= 11 is 3.42. The molecule has 1 heterocycles. The molecule has 0 bridgehead atoms. The molecule has 0 aromatic carbocycles. The zero-order valence-electron chi connectivity index (χ0n) is 7.43. The molecule has 1 rings (SSSR count). The van der Waals surface area contributed by atoms with Crippen LogP contribution in [0.4, 0.5) is 12.9 Å². The van der Waals surface area contributed by atoms with Crippen LogP contribution in [0, 0.1) is 0 Å². The highest BCUT2D eigenvalue weighted by Gasteiger charge is 2.06. The first-order valence-electron chi connectivity index (χ1n) is 3.64. The lowest BCUT2D eigenvalue weighted by molar-refractivity contribution is -0.704. The van der Waals surface area contributed by atoms with Crippen molar-refractivity contribution in [2.75, 3.05) is 0 Å². The first-order chi connectivity index (χ1) is 6.07. The molecule has 0 atom stereocenters.